The second-order valence-electron chi connectivity index (χ2n) is 27.8. The molecule has 0 spiro atoms. The number of carboxylic acids is 2. The summed E-state index contributed by atoms with van der Waals surface area (Å²) in [5.74, 6) is -14.6. The van der Waals surface area contributed by atoms with E-state index in [0.29, 0.717) is 30.7 Å². The van der Waals surface area contributed by atoms with Gasteiger partial charge in [-0.15, -0.1) is 0 Å². The van der Waals surface area contributed by atoms with Gasteiger partial charge in [0, 0.05) is 38.6 Å². The number of carbonyl (C=O) groups is 14. The number of phenols is 1. The van der Waals surface area contributed by atoms with Crippen molar-refractivity contribution in [1.82, 2.24) is 52.8 Å². The summed E-state index contributed by atoms with van der Waals surface area (Å²) < 4.78 is 5.83. The number of amides is 11. The number of phenolic OH excluding ortho intramolecular Hbond substituents is 1. The molecule has 0 radical (unpaired) electrons. The predicted octanol–water partition coefficient (Wildman–Crippen LogP) is 1.33. The number of rotatable bonds is 36. The van der Waals surface area contributed by atoms with Gasteiger partial charge in [-0.3, -0.25) is 62.3 Å². The number of esters is 1. The molecule has 32 heteroatoms. The summed E-state index contributed by atoms with van der Waals surface area (Å²) in [7, 11) is 0. The van der Waals surface area contributed by atoms with E-state index in [2.05, 4.69) is 61.7 Å². The molecule has 3 aliphatic heterocycles. The van der Waals surface area contributed by atoms with Gasteiger partial charge in [-0.1, -0.05) is 123 Å². The lowest BCUT2D eigenvalue weighted by atomic mass is 9.97. The first-order valence-electron chi connectivity index (χ1n) is 36.7. The lowest BCUT2D eigenvalue weighted by Gasteiger charge is -2.31. The normalized spacial score (nSPS) is 21.9. The number of hydrogen-bond donors (Lipinski definition) is 16. The summed E-state index contributed by atoms with van der Waals surface area (Å²) in [6.07, 6.45) is 2.67. The quantitative estimate of drug-likeness (QED) is 0.0198. The zero-order valence-corrected chi connectivity index (χ0v) is 61.3. The van der Waals surface area contributed by atoms with Crippen LogP contribution in [0.3, 0.4) is 0 Å². The minimum atomic E-state index is -1.98. The zero-order chi connectivity index (χ0) is 77.9. The number of fused-ring (bicyclic) bond motifs is 23. The number of aliphatic carboxylic acids is 2. The first-order chi connectivity index (χ1) is 49.8. The molecule has 2 aromatic carbocycles. The average molecular weight is 1480 g/mol. The number of nitrogens with one attached hydrogen (secondary N) is 9. The van der Waals surface area contributed by atoms with Gasteiger partial charge in [-0.05, 0) is 118 Å². The first kappa shape index (κ1) is 88.1. The summed E-state index contributed by atoms with van der Waals surface area (Å²) in [4.78, 5) is 195. The highest BCUT2D eigenvalue weighted by Gasteiger charge is 2.42. The minimum absolute atomic E-state index is 0.0227. The molecule has 1 saturated heterocycles. The largest absolute Gasteiger partial charge is 0.508 e. The smallest absolute Gasteiger partial charge is 0.334 e. The molecule has 18 N–H and O–H groups in total. The van der Waals surface area contributed by atoms with E-state index >= 15 is 0 Å². The number of nitrogens with zero attached hydrogens (tertiary/aromatic N) is 1. The van der Waals surface area contributed by atoms with Crippen LogP contribution in [0.15, 0.2) is 48.5 Å². The van der Waals surface area contributed by atoms with Gasteiger partial charge in [-0.25, -0.2) is 4.79 Å². The maximum Gasteiger partial charge on any atom is 0.334 e. The fourth-order valence-corrected chi connectivity index (χ4v) is 12.2. The van der Waals surface area contributed by atoms with Crippen LogP contribution in [0.4, 0.5) is 0 Å². The molecule has 2 bridgehead atoms. The topological polar surface area (TPSA) is 513 Å². The van der Waals surface area contributed by atoms with Crippen molar-refractivity contribution in [1.29, 1.82) is 0 Å². The maximum atomic E-state index is 14.8. The van der Waals surface area contributed by atoms with Crippen LogP contribution in [-0.4, -0.2) is 199 Å². The predicted molar refractivity (Wildman–Crippen MR) is 383 cm³/mol. The molecule has 0 aliphatic carbocycles. The van der Waals surface area contributed by atoms with Gasteiger partial charge in [0.15, 0.2) is 0 Å². The second kappa shape index (κ2) is 45.8. The van der Waals surface area contributed by atoms with Crippen molar-refractivity contribution in [3.63, 3.8) is 0 Å². The number of ether oxygens (including phenoxy) is 1. The van der Waals surface area contributed by atoms with Gasteiger partial charge in [0.25, 0.3) is 0 Å². The summed E-state index contributed by atoms with van der Waals surface area (Å²) in [6, 6.07) is -4.81. The van der Waals surface area contributed by atoms with E-state index in [1.54, 1.807) is 13.8 Å². The van der Waals surface area contributed by atoms with Crippen LogP contribution in [0.5, 0.6) is 11.5 Å². The molecule has 2 aromatic rings. The summed E-state index contributed by atoms with van der Waals surface area (Å²) in [6.45, 7) is 10.3. The van der Waals surface area contributed by atoms with E-state index in [0.717, 1.165) is 43.9 Å². The number of benzene rings is 2. The number of carbonyl (C=O) groups excluding carboxylic acids is 12. The SMILES string of the molecule is CC[C@H]1NC(=O)[C@@H](CCC(=O)O)NC(=O)[C@H]([C@H](C)O)NC(=O)[C@@H](NC(=O)[C@@H](CCCN)NC(=O)[C@@H](CCC(=O)O)NC(=O)C[C@@H](O)CCCCCCCCCCC(C)C)Cc2ccc(cc2)OC(=O)[C@@H]([C@@H](C)CC)NC(=O)[C@H](Cc2ccc(O)cc2)NC(=O)[C@@H](CCC(N)=O)NC(=O)[C@H]2CCCN2C1=O. The molecule has 3 aliphatic rings. The van der Waals surface area contributed by atoms with Crippen LogP contribution >= 0.6 is 0 Å². The lowest BCUT2D eigenvalue weighted by Crippen LogP contribution is -2.62. The van der Waals surface area contributed by atoms with E-state index in [1.807, 2.05) is 0 Å². The Bertz CT molecular complexity index is 3230. The Morgan fingerprint density at radius 2 is 1.15 bits per heavy atom. The Morgan fingerprint density at radius 1 is 0.600 bits per heavy atom. The van der Waals surface area contributed by atoms with Crippen LogP contribution < -0.4 is 64.1 Å². The molecule has 32 nitrogen and oxygen atoms in total. The standard InChI is InChI=1S/C73H112N12O20/c1-7-43(5)62-73(104)105-49-29-25-46(26-30-49)40-56(81-64(95)51(21-17-37-74)78-65(96)52(32-35-60(91)92)76-59(90)41-48(88)20-16-14-12-10-9-11-13-15-19-42(3)4)69(100)84-63(44(6)86)71(102)80-54(33-36-61(93)94)66(97)77-50(8-2)72(103)85-38-18-22-57(85)70(101)79-53(31-34-58(75)89)67(98)82-55(68(99)83-62)39-45-23-27-47(87)28-24-45/h23-30,42-44,48,50-57,62-63,86-88H,7-22,31-41,74H2,1-6H3,(H2,75,89)(H,76,90)(H,77,97)(H,78,96)(H,79,101)(H,80,102)(H,81,95)(H,82,98)(H,83,99)(H,84,100)(H,91,92)(H,93,94)/t43-,44-,48-,50+,51+,52+,53+,54+,55-,56-,57+,62+,63-/m0/s1. The molecule has 5 rings (SSSR count). The molecule has 0 unspecified atom stereocenters. The Labute approximate surface area is 612 Å². The maximum absolute atomic E-state index is 14.8. The summed E-state index contributed by atoms with van der Waals surface area (Å²) >= 11 is 0. The third-order valence-electron chi connectivity index (χ3n) is 18.6. The first-order valence-corrected chi connectivity index (χ1v) is 36.7. The Morgan fingerprint density at radius 3 is 1.72 bits per heavy atom. The van der Waals surface area contributed by atoms with Crippen molar-refractivity contribution in [3.8, 4) is 11.5 Å². The van der Waals surface area contributed by atoms with Gasteiger partial charge in [-0.2, -0.15) is 0 Å². The Balaban J connectivity index is 1.77. The molecule has 0 aromatic heterocycles. The van der Waals surface area contributed by atoms with Gasteiger partial charge in [0.1, 0.15) is 71.9 Å². The number of hydrogen-bond acceptors (Lipinski definition) is 19. The molecule has 3 heterocycles. The highest BCUT2D eigenvalue weighted by atomic mass is 16.5. The average Bonchev–Trinajstić information content (AvgIpc) is 1.82. The molecular weight excluding hydrogens is 1360 g/mol. The lowest BCUT2D eigenvalue weighted by molar-refractivity contribution is -0.143. The molecule has 11 amide bonds. The number of primary amides is 1. The van der Waals surface area contributed by atoms with Gasteiger partial charge < -0.3 is 94.5 Å². The monoisotopic (exact) mass is 1480 g/mol. The number of aliphatic hydroxyl groups is 2. The molecular formula is C73H112N12O20. The van der Waals surface area contributed by atoms with Crippen molar-refractivity contribution in [2.45, 2.75) is 275 Å². The van der Waals surface area contributed by atoms with E-state index in [1.165, 1.54) is 74.7 Å². The number of nitrogens with two attached hydrogens (primary N) is 2. The second-order valence-corrected chi connectivity index (χ2v) is 27.8. The highest BCUT2D eigenvalue weighted by Crippen LogP contribution is 2.23. The van der Waals surface area contributed by atoms with E-state index in [4.69, 9.17) is 16.2 Å². The van der Waals surface area contributed by atoms with Crippen LogP contribution in [0.2, 0.25) is 0 Å². The third-order valence-corrected chi connectivity index (χ3v) is 18.6. The molecule has 0 saturated carbocycles. The van der Waals surface area contributed by atoms with Crippen molar-refractivity contribution >= 4 is 82.9 Å². The number of aliphatic hydroxyl groups excluding tert-OH is 2. The fraction of sp³-hybridized carbons (Fsp3) is 0.644. The number of carboxylic acid groups (broad SMARTS) is 2. The number of unbranched alkanes of at least 4 members (excludes halogenated alkanes) is 7. The van der Waals surface area contributed by atoms with Crippen molar-refractivity contribution < 1.29 is 97.4 Å². The Hall–Kier alpha value is -9.30. The summed E-state index contributed by atoms with van der Waals surface area (Å²) in [5.41, 5.74) is 12.0. The molecule has 1 fully saturated rings. The Kier molecular flexibility index (Phi) is 38.4. The fourth-order valence-electron chi connectivity index (χ4n) is 12.2. The number of aromatic hydroxyl groups is 1. The minimum Gasteiger partial charge on any atom is -0.508 e. The van der Waals surface area contributed by atoms with Crippen LogP contribution in [0.25, 0.3) is 0 Å². The highest BCUT2D eigenvalue weighted by molar-refractivity contribution is 5.99. The third kappa shape index (κ3) is 31.5. The van der Waals surface area contributed by atoms with Gasteiger partial charge in [0.2, 0.25) is 65.0 Å². The van der Waals surface area contributed by atoms with Crippen LogP contribution in [0.1, 0.15) is 200 Å². The molecule has 584 valence electrons. The zero-order valence-electron chi connectivity index (χ0n) is 61.3. The van der Waals surface area contributed by atoms with E-state index in [9.17, 15) is 92.7 Å². The summed E-state index contributed by atoms with van der Waals surface area (Å²) in [5, 5.41) is 74.4. The molecule has 105 heavy (non-hydrogen) atoms. The van der Waals surface area contributed by atoms with Gasteiger partial charge in [0.05, 0.1) is 18.6 Å². The van der Waals surface area contributed by atoms with Crippen molar-refractivity contribution in [3.05, 3.63) is 59.7 Å². The van der Waals surface area contributed by atoms with Crippen LogP contribution in [-0.2, 0) is 80.0 Å². The van der Waals surface area contributed by atoms with Crippen LogP contribution in [0, 0.1) is 11.8 Å². The van der Waals surface area contributed by atoms with Crippen molar-refractivity contribution in [2.24, 2.45) is 23.3 Å². The van der Waals surface area contributed by atoms with E-state index in [-0.39, 0.29) is 68.7 Å². The van der Waals surface area contributed by atoms with E-state index < -0.39 is 213 Å². The van der Waals surface area contributed by atoms with Gasteiger partial charge >= 0.3 is 17.9 Å². The van der Waals surface area contributed by atoms with Crippen molar-refractivity contribution in [2.75, 3.05) is 13.1 Å². The molecule has 13 atom stereocenters.